The first kappa shape index (κ1) is 11.7. The zero-order chi connectivity index (χ0) is 12.5. The van der Waals surface area contributed by atoms with Gasteiger partial charge < -0.3 is 14.6 Å². The highest BCUT2D eigenvalue weighted by molar-refractivity contribution is 5.92. The fourth-order valence-corrected chi connectivity index (χ4v) is 2.33. The van der Waals surface area contributed by atoms with E-state index in [1.54, 1.807) is 6.07 Å². The van der Waals surface area contributed by atoms with Gasteiger partial charge in [-0.25, -0.2) is 0 Å². The fourth-order valence-electron chi connectivity index (χ4n) is 2.33. The number of nitrogens with zero attached hydrogens (tertiary/aromatic N) is 1. The molecule has 98 valence electrons. The molecular weight excluding hydrogens is 232 g/mol. The van der Waals surface area contributed by atoms with Crippen molar-refractivity contribution in [3.63, 3.8) is 0 Å². The predicted molar refractivity (Wildman–Crippen MR) is 64.4 cm³/mol. The van der Waals surface area contributed by atoms with Crippen molar-refractivity contribution < 1.29 is 14.1 Å². The molecule has 1 aliphatic carbocycles. The van der Waals surface area contributed by atoms with Gasteiger partial charge in [0.2, 0.25) is 0 Å². The van der Waals surface area contributed by atoms with Crippen molar-refractivity contribution in [2.24, 2.45) is 0 Å². The van der Waals surface area contributed by atoms with Crippen LogP contribution in [0, 0.1) is 0 Å². The molecule has 0 unspecified atom stereocenters. The van der Waals surface area contributed by atoms with Crippen molar-refractivity contribution in [3.05, 3.63) is 17.5 Å². The topological polar surface area (TPSA) is 64.4 Å². The lowest BCUT2D eigenvalue weighted by atomic mass is 10.1. The lowest BCUT2D eigenvalue weighted by Crippen LogP contribution is -2.40. The van der Waals surface area contributed by atoms with E-state index in [9.17, 15) is 4.79 Å². The number of carbonyl (C=O) groups is 1. The Kier molecular flexibility index (Phi) is 3.07. The number of carbonyl (C=O) groups excluding carboxylic acids is 1. The normalized spacial score (nSPS) is 25.1. The molecule has 2 heterocycles. The standard InChI is InChI=1S/C13H18N2O3/c1-8(11-3-2-6-17-11)14-13(16)10-7-12(18-15-10)9-4-5-9/h7-9,11H,2-6H2,1H3,(H,14,16)/t8-,11-/m0/s1. The van der Waals surface area contributed by atoms with Crippen LogP contribution in [0.25, 0.3) is 0 Å². The quantitative estimate of drug-likeness (QED) is 0.885. The van der Waals surface area contributed by atoms with E-state index in [1.165, 1.54) is 0 Å². The minimum atomic E-state index is -0.173. The zero-order valence-corrected chi connectivity index (χ0v) is 10.5. The van der Waals surface area contributed by atoms with E-state index in [2.05, 4.69) is 10.5 Å². The van der Waals surface area contributed by atoms with Crippen molar-refractivity contribution in [2.45, 2.75) is 50.7 Å². The fraction of sp³-hybridized carbons (Fsp3) is 0.692. The van der Waals surface area contributed by atoms with Crippen molar-refractivity contribution in [1.29, 1.82) is 0 Å². The maximum absolute atomic E-state index is 12.0. The third-order valence-corrected chi connectivity index (χ3v) is 3.62. The molecule has 1 saturated heterocycles. The van der Waals surface area contributed by atoms with E-state index in [0.29, 0.717) is 11.6 Å². The van der Waals surface area contributed by atoms with Crippen molar-refractivity contribution in [2.75, 3.05) is 6.61 Å². The van der Waals surface area contributed by atoms with E-state index in [-0.39, 0.29) is 18.1 Å². The van der Waals surface area contributed by atoms with E-state index in [4.69, 9.17) is 9.26 Å². The van der Waals surface area contributed by atoms with Gasteiger partial charge in [0.1, 0.15) is 5.76 Å². The number of hydrogen-bond acceptors (Lipinski definition) is 4. The summed E-state index contributed by atoms with van der Waals surface area (Å²) >= 11 is 0. The van der Waals surface area contributed by atoms with Gasteiger partial charge in [-0.1, -0.05) is 5.16 Å². The maximum Gasteiger partial charge on any atom is 0.273 e. The minimum Gasteiger partial charge on any atom is -0.376 e. The van der Waals surface area contributed by atoms with E-state index in [1.807, 2.05) is 6.92 Å². The Morgan fingerprint density at radius 3 is 3.00 bits per heavy atom. The smallest absolute Gasteiger partial charge is 0.273 e. The first-order valence-electron chi connectivity index (χ1n) is 6.63. The summed E-state index contributed by atoms with van der Waals surface area (Å²) in [6, 6.07) is 1.77. The van der Waals surface area contributed by atoms with Gasteiger partial charge in [-0.15, -0.1) is 0 Å². The Balaban J connectivity index is 1.59. The Hall–Kier alpha value is -1.36. The molecule has 2 aliphatic rings. The summed E-state index contributed by atoms with van der Waals surface area (Å²) in [6.45, 7) is 2.76. The molecule has 1 N–H and O–H groups in total. The molecule has 5 heteroatoms. The van der Waals surface area contributed by atoms with Gasteiger partial charge in [0.25, 0.3) is 5.91 Å². The summed E-state index contributed by atoms with van der Waals surface area (Å²) in [6.07, 6.45) is 4.49. The monoisotopic (exact) mass is 250 g/mol. The number of rotatable bonds is 4. The highest BCUT2D eigenvalue weighted by Gasteiger charge is 2.30. The third kappa shape index (κ3) is 2.41. The molecule has 1 aromatic heterocycles. The summed E-state index contributed by atoms with van der Waals surface area (Å²) in [4.78, 5) is 12.0. The van der Waals surface area contributed by atoms with Gasteiger partial charge in [-0.05, 0) is 32.6 Å². The Labute approximate surface area is 106 Å². The average Bonchev–Trinajstić information content (AvgIpc) is 2.91. The SMILES string of the molecule is C[C@H](NC(=O)c1cc(C2CC2)on1)[C@@H]1CCCO1. The molecule has 0 spiro atoms. The van der Waals surface area contributed by atoms with Gasteiger partial charge in [0.05, 0.1) is 12.1 Å². The van der Waals surface area contributed by atoms with Crippen LogP contribution in [-0.2, 0) is 4.74 Å². The molecule has 1 saturated carbocycles. The van der Waals surface area contributed by atoms with E-state index in [0.717, 1.165) is 38.1 Å². The summed E-state index contributed by atoms with van der Waals surface area (Å²) in [5.41, 5.74) is 0.377. The molecule has 1 aromatic rings. The van der Waals surface area contributed by atoms with Crippen LogP contribution in [-0.4, -0.2) is 29.8 Å². The van der Waals surface area contributed by atoms with Crippen LogP contribution in [0.15, 0.2) is 10.6 Å². The third-order valence-electron chi connectivity index (χ3n) is 3.62. The van der Waals surface area contributed by atoms with Crippen LogP contribution >= 0.6 is 0 Å². The molecule has 3 rings (SSSR count). The Morgan fingerprint density at radius 2 is 2.33 bits per heavy atom. The highest BCUT2D eigenvalue weighted by atomic mass is 16.5. The van der Waals surface area contributed by atoms with Gasteiger partial charge in [0, 0.05) is 18.6 Å². The predicted octanol–water partition coefficient (Wildman–Crippen LogP) is 1.85. The Bertz CT molecular complexity index is 433. The summed E-state index contributed by atoms with van der Waals surface area (Å²) in [7, 11) is 0. The van der Waals surface area contributed by atoms with Gasteiger partial charge >= 0.3 is 0 Å². The molecule has 0 bridgehead atoms. The molecule has 1 aliphatic heterocycles. The first-order chi connectivity index (χ1) is 8.74. The van der Waals surface area contributed by atoms with Crippen LogP contribution in [0.4, 0.5) is 0 Å². The van der Waals surface area contributed by atoms with Gasteiger partial charge in [0.15, 0.2) is 5.69 Å². The van der Waals surface area contributed by atoms with Crippen molar-refractivity contribution >= 4 is 5.91 Å². The van der Waals surface area contributed by atoms with Crippen LogP contribution in [0.2, 0.25) is 0 Å². The first-order valence-corrected chi connectivity index (χ1v) is 6.63. The lowest BCUT2D eigenvalue weighted by Gasteiger charge is -2.19. The van der Waals surface area contributed by atoms with Crippen molar-refractivity contribution in [1.82, 2.24) is 10.5 Å². The number of aromatic nitrogens is 1. The molecule has 2 atom stereocenters. The zero-order valence-electron chi connectivity index (χ0n) is 10.5. The van der Waals surface area contributed by atoms with Crippen LogP contribution in [0.1, 0.15) is 54.8 Å². The molecule has 0 aromatic carbocycles. The van der Waals surface area contributed by atoms with Crippen LogP contribution in [0.5, 0.6) is 0 Å². The largest absolute Gasteiger partial charge is 0.376 e. The van der Waals surface area contributed by atoms with Gasteiger partial charge in [-0.3, -0.25) is 4.79 Å². The van der Waals surface area contributed by atoms with E-state index >= 15 is 0 Å². The molecule has 5 nitrogen and oxygen atoms in total. The summed E-state index contributed by atoms with van der Waals surface area (Å²) in [5, 5.41) is 6.75. The lowest BCUT2D eigenvalue weighted by molar-refractivity contribution is 0.0707. The van der Waals surface area contributed by atoms with Crippen LogP contribution < -0.4 is 5.32 Å². The highest BCUT2D eigenvalue weighted by Crippen LogP contribution is 2.40. The molecular formula is C13H18N2O3. The second kappa shape index (κ2) is 4.72. The summed E-state index contributed by atoms with van der Waals surface area (Å²) < 4.78 is 10.7. The molecule has 1 amide bonds. The number of nitrogens with one attached hydrogen (secondary N) is 1. The molecule has 18 heavy (non-hydrogen) atoms. The average molecular weight is 250 g/mol. The maximum atomic E-state index is 12.0. The van der Waals surface area contributed by atoms with Crippen LogP contribution in [0.3, 0.4) is 0 Å². The second-order valence-electron chi connectivity index (χ2n) is 5.20. The number of hydrogen-bond donors (Lipinski definition) is 1. The number of amides is 1. The van der Waals surface area contributed by atoms with E-state index < -0.39 is 0 Å². The van der Waals surface area contributed by atoms with Gasteiger partial charge in [-0.2, -0.15) is 0 Å². The summed E-state index contributed by atoms with van der Waals surface area (Å²) in [5.74, 6) is 1.15. The molecule has 0 radical (unpaired) electrons. The number of ether oxygens (including phenoxy) is 1. The van der Waals surface area contributed by atoms with Crippen molar-refractivity contribution in [3.8, 4) is 0 Å². The Morgan fingerprint density at radius 1 is 1.50 bits per heavy atom. The molecule has 2 fully saturated rings. The minimum absolute atomic E-state index is 0.0149. The second-order valence-corrected chi connectivity index (χ2v) is 5.20.